The van der Waals surface area contributed by atoms with Crippen LogP contribution < -0.4 is 9.62 Å². The van der Waals surface area contributed by atoms with Crippen molar-refractivity contribution in [2.45, 2.75) is 51.1 Å². The van der Waals surface area contributed by atoms with Gasteiger partial charge in [0.15, 0.2) is 0 Å². The zero-order valence-corrected chi connectivity index (χ0v) is 17.6. The molecule has 0 unspecified atom stereocenters. The van der Waals surface area contributed by atoms with Crippen molar-refractivity contribution in [3.8, 4) is 0 Å². The highest BCUT2D eigenvalue weighted by molar-refractivity contribution is 7.89. The van der Waals surface area contributed by atoms with Crippen LogP contribution in [0.5, 0.6) is 0 Å². The zero-order chi connectivity index (χ0) is 20.1. The molecule has 3 rings (SSSR count). The average molecular weight is 408 g/mol. The van der Waals surface area contributed by atoms with E-state index in [0.29, 0.717) is 0 Å². The maximum Gasteiger partial charge on any atom is 0.242 e. The molecule has 0 amide bonds. The highest BCUT2D eigenvalue weighted by atomic mass is 32.2. The second-order valence-corrected chi connectivity index (χ2v) is 8.89. The topological polar surface area (TPSA) is 91.6 Å². The lowest BCUT2D eigenvalue weighted by molar-refractivity contribution is 0.241. The molecule has 0 spiro atoms. The van der Waals surface area contributed by atoms with Gasteiger partial charge in [-0.15, -0.1) is 0 Å². The van der Waals surface area contributed by atoms with E-state index in [1.807, 2.05) is 26.8 Å². The van der Waals surface area contributed by atoms with Crippen LogP contribution in [-0.4, -0.2) is 55.7 Å². The Morgan fingerprint density at radius 1 is 1.18 bits per heavy atom. The van der Waals surface area contributed by atoms with E-state index in [4.69, 9.17) is 4.52 Å². The molecular weight excluding hydrogens is 378 g/mol. The molecule has 0 atom stereocenters. The van der Waals surface area contributed by atoms with Crippen molar-refractivity contribution in [3.05, 3.63) is 35.9 Å². The van der Waals surface area contributed by atoms with Crippen molar-refractivity contribution in [2.75, 3.05) is 31.1 Å². The number of hydrogen-bond donors (Lipinski definition) is 1. The van der Waals surface area contributed by atoms with Gasteiger partial charge >= 0.3 is 0 Å². The minimum Gasteiger partial charge on any atom is -0.361 e. The fourth-order valence-electron chi connectivity index (χ4n) is 3.32. The summed E-state index contributed by atoms with van der Waals surface area (Å²) in [6.07, 6.45) is 2.98. The number of hydrogen-bond acceptors (Lipinski definition) is 7. The molecule has 1 N–H and O–H groups in total. The maximum absolute atomic E-state index is 12.5. The normalized spacial score (nSPS) is 16.1. The largest absolute Gasteiger partial charge is 0.361 e. The molecule has 1 saturated heterocycles. The number of sulfonamides is 1. The molecule has 0 saturated carbocycles. The number of nitrogens with one attached hydrogen (secondary N) is 1. The summed E-state index contributed by atoms with van der Waals surface area (Å²) in [6, 6.07) is 5.34. The van der Waals surface area contributed by atoms with Gasteiger partial charge in [0.25, 0.3) is 0 Å². The van der Waals surface area contributed by atoms with Crippen LogP contribution in [0.4, 0.5) is 5.82 Å². The number of anilines is 1. The molecule has 2 aromatic rings. The Morgan fingerprint density at radius 2 is 1.89 bits per heavy atom. The van der Waals surface area contributed by atoms with Crippen LogP contribution in [0, 0.1) is 6.92 Å². The number of piperazine rings is 1. The van der Waals surface area contributed by atoms with Crippen LogP contribution in [0.15, 0.2) is 33.8 Å². The standard InChI is InChI=1S/C19H29N5O3S/c1-4-16(5-2)22-28(25,26)18-6-7-19(20-13-18)24-10-8-23(9-11-24)14-17-12-15(3)27-21-17/h6-7,12-13,16,22H,4-5,8-11,14H2,1-3H3. The summed E-state index contributed by atoms with van der Waals surface area (Å²) in [4.78, 5) is 9.11. The predicted octanol–water partition coefficient (Wildman–Crippen LogP) is 2.17. The Kier molecular flexibility index (Phi) is 6.69. The van der Waals surface area contributed by atoms with Gasteiger partial charge in [-0.05, 0) is 31.9 Å². The van der Waals surface area contributed by atoms with Crippen LogP contribution in [-0.2, 0) is 16.6 Å². The van der Waals surface area contributed by atoms with Gasteiger partial charge in [0.1, 0.15) is 16.5 Å². The third kappa shape index (κ3) is 5.09. The van der Waals surface area contributed by atoms with Crippen molar-refractivity contribution >= 4 is 15.8 Å². The highest BCUT2D eigenvalue weighted by Crippen LogP contribution is 2.18. The Hall–Kier alpha value is -1.97. The van der Waals surface area contributed by atoms with Gasteiger partial charge < -0.3 is 9.42 Å². The lowest BCUT2D eigenvalue weighted by Crippen LogP contribution is -2.46. The first-order chi connectivity index (χ1) is 13.4. The summed E-state index contributed by atoms with van der Waals surface area (Å²) in [5, 5.41) is 4.05. The number of pyridine rings is 1. The van der Waals surface area contributed by atoms with Crippen molar-refractivity contribution in [1.29, 1.82) is 0 Å². The Labute approximate surface area is 167 Å². The van der Waals surface area contributed by atoms with Gasteiger partial charge in [-0.25, -0.2) is 18.1 Å². The van der Waals surface area contributed by atoms with Gasteiger partial charge in [0, 0.05) is 51.0 Å². The summed E-state index contributed by atoms with van der Waals surface area (Å²) in [5.74, 6) is 1.63. The first-order valence-corrected chi connectivity index (χ1v) is 11.3. The molecule has 9 heteroatoms. The fourth-order valence-corrected chi connectivity index (χ4v) is 4.66. The van der Waals surface area contributed by atoms with Gasteiger partial charge in [-0.2, -0.15) is 0 Å². The Morgan fingerprint density at radius 3 is 2.43 bits per heavy atom. The fraction of sp³-hybridized carbons (Fsp3) is 0.579. The third-order valence-electron chi connectivity index (χ3n) is 5.10. The second kappa shape index (κ2) is 9.02. The van der Waals surface area contributed by atoms with Gasteiger partial charge in [-0.1, -0.05) is 19.0 Å². The van der Waals surface area contributed by atoms with E-state index < -0.39 is 10.0 Å². The molecule has 28 heavy (non-hydrogen) atoms. The van der Waals surface area contributed by atoms with E-state index in [2.05, 4.69) is 24.7 Å². The quantitative estimate of drug-likeness (QED) is 0.717. The van der Waals surface area contributed by atoms with E-state index in [0.717, 1.165) is 62.8 Å². The van der Waals surface area contributed by atoms with Crippen molar-refractivity contribution in [2.24, 2.45) is 0 Å². The molecule has 0 bridgehead atoms. The molecule has 0 radical (unpaired) electrons. The van der Waals surface area contributed by atoms with Crippen LogP contribution in [0.25, 0.3) is 0 Å². The summed E-state index contributed by atoms with van der Waals surface area (Å²) < 4.78 is 32.8. The minimum atomic E-state index is -3.53. The molecule has 1 aliphatic rings. The van der Waals surface area contributed by atoms with E-state index >= 15 is 0 Å². The first kappa shape index (κ1) is 20.8. The van der Waals surface area contributed by atoms with Gasteiger partial charge in [-0.3, -0.25) is 4.90 Å². The minimum absolute atomic E-state index is 0.0498. The number of nitrogens with zero attached hydrogens (tertiary/aromatic N) is 4. The Balaban J connectivity index is 1.57. The third-order valence-corrected chi connectivity index (χ3v) is 6.60. The van der Waals surface area contributed by atoms with E-state index in [-0.39, 0.29) is 10.9 Å². The number of rotatable bonds is 8. The smallest absolute Gasteiger partial charge is 0.242 e. The monoisotopic (exact) mass is 407 g/mol. The van der Waals surface area contributed by atoms with Crippen molar-refractivity contribution < 1.29 is 12.9 Å². The van der Waals surface area contributed by atoms with E-state index in [9.17, 15) is 8.42 Å². The lowest BCUT2D eigenvalue weighted by atomic mass is 10.2. The SMILES string of the molecule is CCC(CC)NS(=O)(=O)c1ccc(N2CCN(Cc3cc(C)on3)CC2)nc1. The van der Waals surface area contributed by atoms with Gasteiger partial charge in [0.05, 0.1) is 5.69 Å². The number of aromatic nitrogens is 2. The zero-order valence-electron chi connectivity index (χ0n) is 16.8. The lowest BCUT2D eigenvalue weighted by Gasteiger charge is -2.35. The summed E-state index contributed by atoms with van der Waals surface area (Å²) >= 11 is 0. The van der Waals surface area contributed by atoms with Crippen molar-refractivity contribution in [3.63, 3.8) is 0 Å². The Bertz CT molecular complexity index is 854. The van der Waals surface area contributed by atoms with Crippen LogP contribution >= 0.6 is 0 Å². The number of aryl methyl sites for hydroxylation is 1. The predicted molar refractivity (Wildman–Crippen MR) is 108 cm³/mol. The van der Waals surface area contributed by atoms with E-state index in [1.165, 1.54) is 6.20 Å². The first-order valence-electron chi connectivity index (χ1n) is 9.79. The molecule has 8 nitrogen and oxygen atoms in total. The summed E-state index contributed by atoms with van der Waals surface area (Å²) in [7, 11) is -3.53. The summed E-state index contributed by atoms with van der Waals surface area (Å²) in [5.41, 5.74) is 0.948. The van der Waals surface area contributed by atoms with E-state index in [1.54, 1.807) is 12.1 Å². The molecule has 2 aromatic heterocycles. The molecule has 3 heterocycles. The van der Waals surface area contributed by atoms with Crippen molar-refractivity contribution in [1.82, 2.24) is 19.8 Å². The highest BCUT2D eigenvalue weighted by Gasteiger charge is 2.21. The molecule has 1 fully saturated rings. The molecule has 154 valence electrons. The van der Waals surface area contributed by atoms with Gasteiger partial charge in [0.2, 0.25) is 10.0 Å². The molecule has 0 aromatic carbocycles. The molecular formula is C19H29N5O3S. The maximum atomic E-state index is 12.5. The second-order valence-electron chi connectivity index (χ2n) is 7.18. The van der Waals surface area contributed by atoms with Crippen LogP contribution in [0.3, 0.4) is 0 Å². The van der Waals surface area contributed by atoms with Crippen LogP contribution in [0.1, 0.15) is 38.1 Å². The summed E-state index contributed by atoms with van der Waals surface area (Å²) in [6.45, 7) is 10.1. The molecule has 0 aliphatic carbocycles. The average Bonchev–Trinajstić information content (AvgIpc) is 3.11. The molecule has 1 aliphatic heterocycles. The van der Waals surface area contributed by atoms with Crippen LogP contribution in [0.2, 0.25) is 0 Å².